The van der Waals surface area contributed by atoms with Crippen molar-refractivity contribution in [2.24, 2.45) is 5.92 Å². The maximum Gasteiger partial charge on any atom is 0.225 e. The number of aromatic nitrogens is 2. The molecule has 0 aliphatic carbocycles. The highest BCUT2D eigenvalue weighted by molar-refractivity contribution is 5.79. The second-order valence-corrected chi connectivity index (χ2v) is 7.58. The Morgan fingerprint density at radius 2 is 1.85 bits per heavy atom. The number of nitrogens with zero attached hydrogens (tertiary/aromatic N) is 3. The van der Waals surface area contributed by atoms with E-state index in [4.69, 9.17) is 9.72 Å². The number of aryl methyl sites for hydroxylation is 1. The fourth-order valence-corrected chi connectivity index (χ4v) is 3.86. The van der Waals surface area contributed by atoms with Gasteiger partial charge in [-0.2, -0.15) is 0 Å². The molecule has 2 saturated heterocycles. The van der Waals surface area contributed by atoms with Crippen LogP contribution in [-0.4, -0.2) is 42.2 Å². The van der Waals surface area contributed by atoms with Gasteiger partial charge in [-0.05, 0) is 39.5 Å². The molecule has 1 N–H and O–H groups in total. The van der Waals surface area contributed by atoms with Gasteiger partial charge < -0.3 is 15.0 Å². The Morgan fingerprint density at radius 3 is 2.50 bits per heavy atom. The summed E-state index contributed by atoms with van der Waals surface area (Å²) in [5, 5.41) is 3.14. The van der Waals surface area contributed by atoms with Crippen LogP contribution >= 0.6 is 0 Å². The maximum atomic E-state index is 12.5. The topological polar surface area (TPSA) is 67.4 Å². The molecule has 3 heterocycles. The molecule has 6 nitrogen and oxygen atoms in total. The molecule has 1 amide bonds. The minimum atomic E-state index is -0.0771. The average Bonchev–Trinajstić information content (AvgIpc) is 2.62. The Labute approximate surface area is 156 Å². The van der Waals surface area contributed by atoms with E-state index in [1.54, 1.807) is 0 Å². The highest BCUT2D eigenvalue weighted by atomic mass is 16.5. The zero-order chi connectivity index (χ0) is 18.4. The third-order valence-corrected chi connectivity index (χ3v) is 5.56. The molecule has 1 aromatic heterocycles. The summed E-state index contributed by atoms with van der Waals surface area (Å²) in [5.41, 5.74) is 1.96. The summed E-state index contributed by atoms with van der Waals surface area (Å²) in [6.07, 6.45) is 9.86. The van der Waals surface area contributed by atoms with E-state index in [0.29, 0.717) is 13.2 Å². The molecule has 0 spiro atoms. The number of hydrogen-bond acceptors (Lipinski definition) is 5. The first kappa shape index (κ1) is 19.1. The van der Waals surface area contributed by atoms with Gasteiger partial charge in [0.15, 0.2) is 0 Å². The Balaban J connectivity index is 1.63. The van der Waals surface area contributed by atoms with Gasteiger partial charge in [0, 0.05) is 49.7 Å². The predicted molar refractivity (Wildman–Crippen MR) is 102 cm³/mol. The maximum absolute atomic E-state index is 12.5. The first-order chi connectivity index (χ1) is 12.6. The van der Waals surface area contributed by atoms with Crippen molar-refractivity contribution in [1.29, 1.82) is 0 Å². The molecular weight excluding hydrogens is 328 g/mol. The molecule has 1 aromatic rings. The van der Waals surface area contributed by atoms with Crippen molar-refractivity contribution in [2.45, 2.75) is 64.8 Å². The number of ether oxygens (including phenoxy) is 1. The second-order valence-electron chi connectivity index (χ2n) is 7.58. The van der Waals surface area contributed by atoms with E-state index in [1.165, 1.54) is 32.1 Å². The Morgan fingerprint density at radius 1 is 1.19 bits per heavy atom. The van der Waals surface area contributed by atoms with E-state index in [1.807, 2.05) is 20.0 Å². The molecule has 0 aromatic carbocycles. The summed E-state index contributed by atoms with van der Waals surface area (Å²) < 4.78 is 5.34. The number of rotatable bonds is 4. The van der Waals surface area contributed by atoms with Crippen LogP contribution in [0.2, 0.25) is 0 Å². The molecule has 0 saturated carbocycles. The molecular formula is C20H32N4O2. The number of anilines is 1. The lowest BCUT2D eigenvalue weighted by atomic mass is 9.98. The van der Waals surface area contributed by atoms with Gasteiger partial charge in [0.05, 0.1) is 6.04 Å². The first-order valence-electron chi connectivity index (χ1n) is 10.1. The Bertz CT molecular complexity index is 593. The lowest BCUT2D eigenvalue weighted by molar-refractivity contribution is -0.128. The van der Waals surface area contributed by atoms with Crippen LogP contribution in [0.3, 0.4) is 0 Å². The molecule has 2 aliphatic rings. The number of carbonyl (C=O) groups is 1. The molecule has 2 fully saturated rings. The summed E-state index contributed by atoms with van der Waals surface area (Å²) in [4.78, 5) is 24.1. The zero-order valence-electron chi connectivity index (χ0n) is 16.2. The molecule has 2 aliphatic heterocycles. The standard InChI is InChI=1S/C20H32N4O2/c1-15(22-19(25)17-8-12-26-13-9-17)18-14-21-20(23-16(18)2)24-10-6-4-3-5-7-11-24/h14-15,17H,3-13H2,1-2H3,(H,22,25)/t15-/m0/s1. The van der Waals surface area contributed by atoms with Crippen LogP contribution < -0.4 is 10.2 Å². The normalized spacial score (nSPS) is 20.9. The van der Waals surface area contributed by atoms with E-state index >= 15 is 0 Å². The van der Waals surface area contributed by atoms with E-state index in [2.05, 4.69) is 15.2 Å². The van der Waals surface area contributed by atoms with Crippen LogP contribution in [0.4, 0.5) is 5.95 Å². The highest BCUT2D eigenvalue weighted by Crippen LogP contribution is 2.22. The zero-order valence-corrected chi connectivity index (χ0v) is 16.2. The van der Waals surface area contributed by atoms with E-state index in [9.17, 15) is 4.79 Å². The Hall–Kier alpha value is -1.69. The number of amides is 1. The van der Waals surface area contributed by atoms with Crippen LogP contribution in [0.5, 0.6) is 0 Å². The Kier molecular flexibility index (Phi) is 6.83. The number of hydrogen-bond donors (Lipinski definition) is 1. The van der Waals surface area contributed by atoms with Crippen molar-refractivity contribution < 1.29 is 9.53 Å². The third kappa shape index (κ3) is 4.93. The molecule has 3 rings (SSSR count). The van der Waals surface area contributed by atoms with Crippen molar-refractivity contribution in [1.82, 2.24) is 15.3 Å². The van der Waals surface area contributed by atoms with Crippen LogP contribution in [0, 0.1) is 12.8 Å². The summed E-state index contributed by atoms with van der Waals surface area (Å²) >= 11 is 0. The van der Waals surface area contributed by atoms with Gasteiger partial charge in [0.1, 0.15) is 0 Å². The van der Waals surface area contributed by atoms with E-state index in [-0.39, 0.29) is 17.9 Å². The van der Waals surface area contributed by atoms with Crippen molar-refractivity contribution in [2.75, 3.05) is 31.2 Å². The molecule has 144 valence electrons. The number of nitrogens with one attached hydrogen (secondary N) is 1. The van der Waals surface area contributed by atoms with Crippen molar-refractivity contribution >= 4 is 11.9 Å². The molecule has 1 atom stereocenters. The first-order valence-corrected chi connectivity index (χ1v) is 10.1. The van der Waals surface area contributed by atoms with E-state index in [0.717, 1.165) is 43.1 Å². The van der Waals surface area contributed by atoms with Crippen LogP contribution in [0.25, 0.3) is 0 Å². The second kappa shape index (κ2) is 9.31. The minimum absolute atomic E-state index is 0.0627. The fourth-order valence-electron chi connectivity index (χ4n) is 3.86. The average molecular weight is 361 g/mol. The van der Waals surface area contributed by atoms with E-state index < -0.39 is 0 Å². The molecule has 26 heavy (non-hydrogen) atoms. The number of carbonyl (C=O) groups excluding carboxylic acids is 1. The van der Waals surface area contributed by atoms with Gasteiger partial charge in [-0.3, -0.25) is 4.79 Å². The van der Waals surface area contributed by atoms with Gasteiger partial charge in [-0.1, -0.05) is 19.3 Å². The monoisotopic (exact) mass is 360 g/mol. The largest absolute Gasteiger partial charge is 0.381 e. The summed E-state index contributed by atoms with van der Waals surface area (Å²) in [5.74, 6) is 1.01. The van der Waals surface area contributed by atoms with Gasteiger partial charge in [0.25, 0.3) is 0 Å². The van der Waals surface area contributed by atoms with Gasteiger partial charge >= 0.3 is 0 Å². The lowest BCUT2D eigenvalue weighted by Gasteiger charge is -2.26. The fraction of sp³-hybridized carbons (Fsp3) is 0.750. The quantitative estimate of drug-likeness (QED) is 0.893. The summed E-state index contributed by atoms with van der Waals surface area (Å²) in [6, 6.07) is -0.0771. The van der Waals surface area contributed by atoms with Crippen LogP contribution in [-0.2, 0) is 9.53 Å². The van der Waals surface area contributed by atoms with Crippen molar-refractivity contribution in [3.63, 3.8) is 0 Å². The van der Waals surface area contributed by atoms with Crippen molar-refractivity contribution in [3.8, 4) is 0 Å². The minimum Gasteiger partial charge on any atom is -0.381 e. The summed E-state index contributed by atoms with van der Waals surface area (Å²) in [7, 11) is 0. The summed E-state index contributed by atoms with van der Waals surface area (Å²) in [6.45, 7) is 7.46. The van der Waals surface area contributed by atoms with Crippen LogP contribution in [0.15, 0.2) is 6.20 Å². The molecule has 0 radical (unpaired) electrons. The predicted octanol–water partition coefficient (Wildman–Crippen LogP) is 3.16. The SMILES string of the molecule is Cc1nc(N2CCCCCCC2)ncc1[C@H](C)NC(=O)C1CCOCC1. The highest BCUT2D eigenvalue weighted by Gasteiger charge is 2.24. The third-order valence-electron chi connectivity index (χ3n) is 5.56. The van der Waals surface area contributed by atoms with Gasteiger partial charge in [-0.15, -0.1) is 0 Å². The molecule has 0 bridgehead atoms. The van der Waals surface area contributed by atoms with Crippen molar-refractivity contribution in [3.05, 3.63) is 17.5 Å². The van der Waals surface area contributed by atoms with Gasteiger partial charge in [0.2, 0.25) is 11.9 Å². The van der Waals surface area contributed by atoms with Crippen LogP contribution in [0.1, 0.15) is 69.2 Å². The lowest BCUT2D eigenvalue weighted by Crippen LogP contribution is -2.36. The molecule has 0 unspecified atom stereocenters. The molecule has 6 heteroatoms. The van der Waals surface area contributed by atoms with Gasteiger partial charge in [-0.25, -0.2) is 9.97 Å². The smallest absolute Gasteiger partial charge is 0.225 e.